The molecule has 1 atom stereocenters. The molecule has 0 heterocycles. The minimum absolute atomic E-state index is 0.000402. The fourth-order valence-corrected chi connectivity index (χ4v) is 1.92. The van der Waals surface area contributed by atoms with E-state index in [9.17, 15) is 9.90 Å². The molecule has 2 rings (SSSR count). The van der Waals surface area contributed by atoms with E-state index in [0.29, 0.717) is 0 Å². The van der Waals surface area contributed by atoms with Crippen molar-refractivity contribution >= 4 is 16.6 Å². The summed E-state index contributed by atoms with van der Waals surface area (Å²) >= 11 is 0. The summed E-state index contributed by atoms with van der Waals surface area (Å²) < 4.78 is 0. The monoisotopic (exact) mass is 214 g/mol. The highest BCUT2D eigenvalue weighted by Gasteiger charge is 2.12. The largest absolute Gasteiger partial charge is 0.388 e. The molecule has 16 heavy (non-hydrogen) atoms. The molecular formula is C14H14O2. The minimum Gasteiger partial charge on any atom is -0.388 e. The van der Waals surface area contributed by atoms with Gasteiger partial charge >= 0.3 is 0 Å². The van der Waals surface area contributed by atoms with Crippen molar-refractivity contribution in [1.82, 2.24) is 0 Å². The first-order chi connectivity index (χ1) is 7.68. The first-order valence-electron chi connectivity index (χ1n) is 5.33. The summed E-state index contributed by atoms with van der Waals surface area (Å²) in [5, 5.41) is 12.1. The molecule has 2 aromatic carbocycles. The summed E-state index contributed by atoms with van der Waals surface area (Å²) in [5.74, 6) is 0.000402. The fraction of sp³-hybridized carbons (Fsp3) is 0.214. The Hall–Kier alpha value is -1.67. The number of Topliss-reactive ketones (excluding diaryl/α,β-unsaturated/α-hetero) is 1. The number of carbonyl (C=O) groups is 1. The summed E-state index contributed by atoms with van der Waals surface area (Å²) in [5.41, 5.74) is 0.827. The minimum atomic E-state index is -0.705. The van der Waals surface area contributed by atoms with Crippen LogP contribution in [0.15, 0.2) is 42.5 Å². The zero-order chi connectivity index (χ0) is 11.5. The molecule has 0 aromatic heterocycles. The van der Waals surface area contributed by atoms with Crippen LogP contribution >= 0.6 is 0 Å². The predicted molar refractivity (Wildman–Crippen MR) is 64.2 cm³/mol. The average Bonchev–Trinajstić information content (AvgIpc) is 2.27. The van der Waals surface area contributed by atoms with Gasteiger partial charge in [0.2, 0.25) is 0 Å². The van der Waals surface area contributed by atoms with Crippen molar-refractivity contribution < 1.29 is 9.90 Å². The molecule has 0 fully saturated rings. The standard InChI is InChI=1S/C14H14O2/c1-10(15)9-14(16)13-8-4-6-11-5-2-3-7-12(11)13/h2-8,14,16H,9H2,1H3/t14-/m1/s1. The smallest absolute Gasteiger partial charge is 0.132 e. The average molecular weight is 214 g/mol. The summed E-state index contributed by atoms with van der Waals surface area (Å²) in [6.07, 6.45) is -0.530. The normalized spacial score (nSPS) is 12.6. The van der Waals surface area contributed by atoms with Crippen LogP contribution in [0.2, 0.25) is 0 Å². The van der Waals surface area contributed by atoms with Crippen LogP contribution in [-0.4, -0.2) is 10.9 Å². The van der Waals surface area contributed by atoms with Gasteiger partial charge in [-0.15, -0.1) is 0 Å². The van der Waals surface area contributed by atoms with E-state index < -0.39 is 6.10 Å². The van der Waals surface area contributed by atoms with E-state index in [1.165, 1.54) is 6.92 Å². The molecule has 82 valence electrons. The zero-order valence-corrected chi connectivity index (χ0v) is 9.18. The van der Waals surface area contributed by atoms with Gasteiger partial charge in [0.05, 0.1) is 6.10 Å². The lowest BCUT2D eigenvalue weighted by Gasteiger charge is -2.12. The van der Waals surface area contributed by atoms with Gasteiger partial charge in [-0.1, -0.05) is 42.5 Å². The van der Waals surface area contributed by atoms with Crippen molar-refractivity contribution in [2.75, 3.05) is 0 Å². The van der Waals surface area contributed by atoms with E-state index in [-0.39, 0.29) is 12.2 Å². The Labute approximate surface area is 94.5 Å². The molecule has 0 bridgehead atoms. The number of ketones is 1. The van der Waals surface area contributed by atoms with Crippen molar-refractivity contribution in [3.05, 3.63) is 48.0 Å². The maximum absolute atomic E-state index is 11.0. The number of aliphatic hydroxyl groups is 1. The Morgan fingerprint density at radius 1 is 1.19 bits per heavy atom. The van der Waals surface area contributed by atoms with Gasteiger partial charge in [-0.05, 0) is 23.3 Å². The van der Waals surface area contributed by atoms with Crippen molar-refractivity contribution in [2.24, 2.45) is 0 Å². The van der Waals surface area contributed by atoms with E-state index >= 15 is 0 Å². The molecule has 0 aliphatic heterocycles. The second-order valence-corrected chi connectivity index (χ2v) is 3.99. The number of carbonyl (C=O) groups excluding carboxylic acids is 1. The Morgan fingerprint density at radius 2 is 1.88 bits per heavy atom. The van der Waals surface area contributed by atoms with Gasteiger partial charge in [0, 0.05) is 6.42 Å². The van der Waals surface area contributed by atoms with Crippen LogP contribution in [-0.2, 0) is 4.79 Å². The number of hydrogen-bond donors (Lipinski definition) is 1. The van der Waals surface area contributed by atoms with Gasteiger partial charge < -0.3 is 5.11 Å². The molecule has 2 nitrogen and oxygen atoms in total. The highest BCUT2D eigenvalue weighted by molar-refractivity contribution is 5.86. The number of hydrogen-bond acceptors (Lipinski definition) is 2. The van der Waals surface area contributed by atoms with Crippen LogP contribution < -0.4 is 0 Å². The van der Waals surface area contributed by atoms with Crippen LogP contribution in [0.5, 0.6) is 0 Å². The summed E-state index contributed by atoms with van der Waals surface area (Å²) in [6.45, 7) is 1.49. The first-order valence-corrected chi connectivity index (χ1v) is 5.33. The molecule has 0 aliphatic carbocycles. The van der Waals surface area contributed by atoms with Crippen LogP contribution in [0.25, 0.3) is 10.8 Å². The van der Waals surface area contributed by atoms with E-state index in [2.05, 4.69) is 0 Å². The quantitative estimate of drug-likeness (QED) is 0.853. The third-order valence-corrected chi connectivity index (χ3v) is 2.66. The van der Waals surface area contributed by atoms with Crippen molar-refractivity contribution in [2.45, 2.75) is 19.4 Å². The Kier molecular flexibility index (Phi) is 3.02. The zero-order valence-electron chi connectivity index (χ0n) is 9.18. The Morgan fingerprint density at radius 3 is 2.62 bits per heavy atom. The maximum atomic E-state index is 11.0. The number of rotatable bonds is 3. The van der Waals surface area contributed by atoms with E-state index in [4.69, 9.17) is 0 Å². The molecular weight excluding hydrogens is 200 g/mol. The van der Waals surface area contributed by atoms with Gasteiger partial charge in [0.25, 0.3) is 0 Å². The molecule has 0 unspecified atom stereocenters. The van der Waals surface area contributed by atoms with Gasteiger partial charge in [-0.25, -0.2) is 0 Å². The molecule has 0 spiro atoms. The van der Waals surface area contributed by atoms with Gasteiger partial charge in [-0.3, -0.25) is 4.79 Å². The highest BCUT2D eigenvalue weighted by atomic mass is 16.3. The van der Waals surface area contributed by atoms with Crippen molar-refractivity contribution in [1.29, 1.82) is 0 Å². The highest BCUT2D eigenvalue weighted by Crippen LogP contribution is 2.26. The first kappa shape index (κ1) is 10.8. The summed E-state index contributed by atoms with van der Waals surface area (Å²) in [7, 11) is 0. The topological polar surface area (TPSA) is 37.3 Å². The van der Waals surface area contributed by atoms with Gasteiger partial charge in [0.1, 0.15) is 5.78 Å². The van der Waals surface area contributed by atoms with E-state index in [0.717, 1.165) is 16.3 Å². The molecule has 0 radical (unpaired) electrons. The SMILES string of the molecule is CC(=O)C[C@@H](O)c1cccc2ccccc12. The molecule has 0 aliphatic rings. The maximum Gasteiger partial charge on any atom is 0.132 e. The fourth-order valence-electron chi connectivity index (χ4n) is 1.92. The lowest BCUT2D eigenvalue weighted by molar-refractivity contribution is -0.118. The molecule has 0 amide bonds. The lowest BCUT2D eigenvalue weighted by atomic mass is 9.98. The number of fused-ring (bicyclic) bond motifs is 1. The number of aliphatic hydroxyl groups excluding tert-OH is 1. The second kappa shape index (κ2) is 4.45. The summed E-state index contributed by atoms with van der Waals surface area (Å²) in [6, 6.07) is 13.6. The predicted octanol–water partition coefficient (Wildman–Crippen LogP) is 2.85. The third kappa shape index (κ3) is 2.12. The van der Waals surface area contributed by atoms with Crippen molar-refractivity contribution in [3.8, 4) is 0 Å². The molecule has 0 saturated carbocycles. The lowest BCUT2D eigenvalue weighted by Crippen LogP contribution is -2.03. The Balaban J connectivity index is 2.47. The van der Waals surface area contributed by atoms with Crippen LogP contribution in [0.1, 0.15) is 25.0 Å². The number of benzene rings is 2. The van der Waals surface area contributed by atoms with Crippen molar-refractivity contribution in [3.63, 3.8) is 0 Å². The second-order valence-electron chi connectivity index (χ2n) is 3.99. The van der Waals surface area contributed by atoms with E-state index in [1.54, 1.807) is 0 Å². The van der Waals surface area contributed by atoms with Crippen LogP contribution in [0.4, 0.5) is 0 Å². The van der Waals surface area contributed by atoms with Crippen LogP contribution in [0.3, 0.4) is 0 Å². The molecule has 1 N–H and O–H groups in total. The molecule has 2 aromatic rings. The Bertz CT molecular complexity index is 512. The van der Waals surface area contributed by atoms with Gasteiger partial charge in [-0.2, -0.15) is 0 Å². The molecule has 2 heteroatoms. The van der Waals surface area contributed by atoms with Gasteiger partial charge in [0.15, 0.2) is 0 Å². The summed E-state index contributed by atoms with van der Waals surface area (Å²) in [4.78, 5) is 11.0. The van der Waals surface area contributed by atoms with E-state index in [1.807, 2.05) is 42.5 Å². The third-order valence-electron chi connectivity index (χ3n) is 2.66. The molecule has 0 saturated heterocycles. The van der Waals surface area contributed by atoms with Crippen LogP contribution in [0, 0.1) is 0 Å².